The summed E-state index contributed by atoms with van der Waals surface area (Å²) in [5.74, 6) is 0.902. The highest BCUT2D eigenvalue weighted by molar-refractivity contribution is 5.54. The van der Waals surface area contributed by atoms with Gasteiger partial charge in [-0.15, -0.1) is 0 Å². The number of rotatable bonds is 4. The van der Waals surface area contributed by atoms with Crippen LogP contribution in [0, 0.1) is 11.3 Å². The lowest BCUT2D eigenvalue weighted by Crippen LogP contribution is -2.40. The number of hydrogen-bond acceptors (Lipinski definition) is 6. The average Bonchev–Trinajstić information content (AvgIpc) is 3.10. The van der Waals surface area contributed by atoms with Gasteiger partial charge in [-0.3, -0.25) is 4.79 Å². The Morgan fingerprint density at radius 3 is 2.54 bits per heavy atom. The van der Waals surface area contributed by atoms with Crippen LogP contribution in [0.3, 0.4) is 0 Å². The Morgan fingerprint density at radius 2 is 1.92 bits per heavy atom. The summed E-state index contributed by atoms with van der Waals surface area (Å²) in [6.45, 7) is 4.02. The molecule has 26 heavy (non-hydrogen) atoms. The van der Waals surface area contributed by atoms with Gasteiger partial charge in [-0.25, -0.2) is 9.36 Å². The minimum atomic E-state index is -0.684. The molecule has 0 aliphatic carbocycles. The lowest BCUT2D eigenvalue weighted by atomic mass is 10.0. The van der Waals surface area contributed by atoms with Crippen LogP contribution in [0.5, 0.6) is 0 Å². The highest BCUT2D eigenvalue weighted by Crippen LogP contribution is 2.20. The standard InChI is InChI=1S/C18H17N5O3/c1-11(2)12-4-6-13(7-5-12)16-20-15(26-21-16)10-23-17(24)14(8-19)9-22(3)18(23)25/h4-7,9,11H,10H2,1-3H3. The number of aryl methyl sites for hydroxylation is 1. The maximum atomic E-state index is 12.2. The third-order valence-corrected chi connectivity index (χ3v) is 4.05. The Bertz CT molecular complexity index is 1100. The zero-order chi connectivity index (χ0) is 18.8. The van der Waals surface area contributed by atoms with E-state index in [1.807, 2.05) is 24.3 Å². The molecular formula is C18H17N5O3. The molecule has 3 aromatic rings. The summed E-state index contributed by atoms with van der Waals surface area (Å²) in [6.07, 6.45) is 1.21. The lowest BCUT2D eigenvalue weighted by molar-refractivity contribution is 0.366. The smallest absolute Gasteiger partial charge is 0.331 e. The van der Waals surface area contributed by atoms with Crippen LogP contribution in [0.2, 0.25) is 0 Å². The van der Waals surface area contributed by atoms with Gasteiger partial charge < -0.3 is 9.09 Å². The van der Waals surface area contributed by atoms with Gasteiger partial charge >= 0.3 is 5.69 Å². The summed E-state index contributed by atoms with van der Waals surface area (Å²) in [5.41, 5.74) is 0.596. The fourth-order valence-corrected chi connectivity index (χ4v) is 2.53. The van der Waals surface area contributed by atoms with E-state index >= 15 is 0 Å². The number of nitrogens with zero attached hydrogens (tertiary/aromatic N) is 5. The van der Waals surface area contributed by atoms with E-state index < -0.39 is 11.2 Å². The molecule has 0 saturated heterocycles. The van der Waals surface area contributed by atoms with Crippen LogP contribution in [-0.2, 0) is 13.6 Å². The fourth-order valence-electron chi connectivity index (χ4n) is 2.53. The highest BCUT2D eigenvalue weighted by atomic mass is 16.5. The van der Waals surface area contributed by atoms with E-state index in [1.165, 1.54) is 23.4 Å². The van der Waals surface area contributed by atoms with E-state index in [9.17, 15) is 9.59 Å². The van der Waals surface area contributed by atoms with Gasteiger partial charge in [-0.2, -0.15) is 10.2 Å². The fraction of sp³-hybridized carbons (Fsp3) is 0.278. The second-order valence-electron chi connectivity index (χ2n) is 6.23. The lowest BCUT2D eigenvalue weighted by Gasteiger charge is -2.05. The van der Waals surface area contributed by atoms with Gasteiger partial charge in [0.2, 0.25) is 11.7 Å². The summed E-state index contributed by atoms with van der Waals surface area (Å²) in [7, 11) is 1.47. The van der Waals surface area contributed by atoms with Gasteiger partial charge in [0.25, 0.3) is 5.56 Å². The quantitative estimate of drug-likeness (QED) is 0.707. The van der Waals surface area contributed by atoms with Crippen molar-refractivity contribution in [3.63, 3.8) is 0 Å². The van der Waals surface area contributed by atoms with Gasteiger partial charge in [-0.1, -0.05) is 43.3 Å². The first kappa shape index (κ1) is 17.4. The monoisotopic (exact) mass is 351 g/mol. The molecule has 3 rings (SSSR count). The molecule has 0 radical (unpaired) electrons. The first-order valence-electron chi connectivity index (χ1n) is 8.04. The summed E-state index contributed by atoms with van der Waals surface area (Å²) in [5, 5.41) is 12.9. The van der Waals surface area contributed by atoms with Crippen LogP contribution >= 0.6 is 0 Å². The molecule has 0 amide bonds. The molecule has 0 saturated carbocycles. The number of aromatic nitrogens is 4. The molecule has 0 spiro atoms. The van der Waals surface area contributed by atoms with Gasteiger partial charge in [-0.05, 0) is 11.5 Å². The van der Waals surface area contributed by atoms with E-state index in [0.717, 1.165) is 10.1 Å². The van der Waals surface area contributed by atoms with Crippen molar-refractivity contribution in [1.29, 1.82) is 5.26 Å². The zero-order valence-corrected chi connectivity index (χ0v) is 14.6. The molecule has 2 aromatic heterocycles. The Hall–Kier alpha value is -3.47. The van der Waals surface area contributed by atoms with Crippen LogP contribution in [0.1, 0.15) is 36.8 Å². The van der Waals surface area contributed by atoms with E-state index in [0.29, 0.717) is 11.7 Å². The van der Waals surface area contributed by atoms with Crippen molar-refractivity contribution in [3.05, 3.63) is 68.3 Å². The predicted octanol–water partition coefficient (Wildman–Crippen LogP) is 1.64. The van der Waals surface area contributed by atoms with Gasteiger partial charge in [0, 0.05) is 18.8 Å². The average molecular weight is 351 g/mol. The van der Waals surface area contributed by atoms with E-state index in [-0.39, 0.29) is 18.0 Å². The largest absolute Gasteiger partial charge is 0.337 e. The van der Waals surface area contributed by atoms with Crippen LogP contribution in [0.15, 0.2) is 44.6 Å². The Morgan fingerprint density at radius 1 is 1.23 bits per heavy atom. The van der Waals surface area contributed by atoms with Crippen LogP contribution in [-0.4, -0.2) is 19.3 Å². The zero-order valence-electron chi connectivity index (χ0n) is 14.6. The van der Waals surface area contributed by atoms with Crippen molar-refractivity contribution in [3.8, 4) is 17.5 Å². The first-order valence-corrected chi connectivity index (χ1v) is 8.04. The number of hydrogen-bond donors (Lipinski definition) is 0. The van der Waals surface area contributed by atoms with Crippen molar-refractivity contribution in [2.75, 3.05) is 0 Å². The molecule has 2 heterocycles. The SMILES string of the molecule is CC(C)c1ccc(-c2noc(Cn3c(=O)c(C#N)cn(C)c3=O)n2)cc1. The van der Waals surface area contributed by atoms with Crippen molar-refractivity contribution in [2.24, 2.45) is 7.05 Å². The minimum absolute atomic E-state index is 0.113. The number of nitriles is 1. The van der Waals surface area contributed by atoms with Gasteiger partial charge in [0.15, 0.2) is 0 Å². The molecular weight excluding hydrogens is 334 g/mol. The molecule has 0 N–H and O–H groups in total. The van der Waals surface area contributed by atoms with Crippen molar-refractivity contribution in [2.45, 2.75) is 26.3 Å². The molecule has 0 aliphatic heterocycles. The molecule has 0 atom stereocenters. The summed E-state index contributed by atoms with van der Waals surface area (Å²) in [4.78, 5) is 28.6. The predicted molar refractivity (Wildman–Crippen MR) is 93.6 cm³/mol. The van der Waals surface area contributed by atoms with E-state index in [1.54, 1.807) is 6.07 Å². The second kappa shape index (κ2) is 6.80. The molecule has 0 unspecified atom stereocenters. The summed E-state index contributed by atoms with van der Waals surface area (Å²) >= 11 is 0. The molecule has 0 aliphatic rings. The Kier molecular flexibility index (Phi) is 4.54. The molecule has 1 aromatic carbocycles. The maximum absolute atomic E-state index is 12.2. The summed E-state index contributed by atoms with van der Waals surface area (Å²) < 4.78 is 7.24. The number of benzene rings is 1. The normalized spacial score (nSPS) is 10.9. The molecule has 8 heteroatoms. The van der Waals surface area contributed by atoms with Crippen molar-refractivity contribution >= 4 is 0 Å². The molecule has 0 fully saturated rings. The van der Waals surface area contributed by atoms with E-state index in [2.05, 4.69) is 24.0 Å². The van der Waals surface area contributed by atoms with Crippen LogP contribution < -0.4 is 11.2 Å². The summed E-state index contributed by atoms with van der Waals surface area (Å²) in [6, 6.07) is 9.55. The topological polar surface area (TPSA) is 107 Å². The van der Waals surface area contributed by atoms with Crippen LogP contribution in [0.4, 0.5) is 0 Å². The Balaban J connectivity index is 1.93. The first-order chi connectivity index (χ1) is 12.4. The molecule has 132 valence electrons. The maximum Gasteiger partial charge on any atom is 0.331 e. The van der Waals surface area contributed by atoms with E-state index in [4.69, 9.17) is 9.78 Å². The molecule has 8 nitrogen and oxygen atoms in total. The van der Waals surface area contributed by atoms with Crippen molar-refractivity contribution in [1.82, 2.24) is 19.3 Å². The third-order valence-electron chi connectivity index (χ3n) is 4.05. The third kappa shape index (κ3) is 3.19. The Labute approximate surface area is 148 Å². The second-order valence-corrected chi connectivity index (χ2v) is 6.23. The van der Waals surface area contributed by atoms with Crippen LogP contribution in [0.25, 0.3) is 11.4 Å². The van der Waals surface area contributed by atoms with Gasteiger partial charge in [0.1, 0.15) is 18.2 Å². The van der Waals surface area contributed by atoms with Crippen molar-refractivity contribution < 1.29 is 4.52 Å². The minimum Gasteiger partial charge on any atom is -0.337 e. The van der Waals surface area contributed by atoms with Gasteiger partial charge in [0.05, 0.1) is 0 Å². The highest BCUT2D eigenvalue weighted by Gasteiger charge is 2.15. The molecule has 0 bridgehead atoms.